The van der Waals surface area contributed by atoms with Crippen LogP contribution in [0.25, 0.3) is 0 Å². The molecule has 19 heavy (non-hydrogen) atoms. The molecule has 0 aliphatic heterocycles. The van der Waals surface area contributed by atoms with Crippen molar-refractivity contribution in [3.8, 4) is 0 Å². The van der Waals surface area contributed by atoms with Gasteiger partial charge in [-0.15, -0.1) is 0 Å². The quantitative estimate of drug-likeness (QED) is 0.762. The van der Waals surface area contributed by atoms with Crippen LogP contribution in [0.3, 0.4) is 0 Å². The predicted molar refractivity (Wildman–Crippen MR) is 81.2 cm³/mol. The maximum absolute atomic E-state index is 10.5. The van der Waals surface area contributed by atoms with E-state index in [0.717, 1.165) is 25.7 Å². The molecule has 1 aliphatic rings. The molecule has 2 rings (SSSR count). The summed E-state index contributed by atoms with van der Waals surface area (Å²) < 4.78 is 0. The van der Waals surface area contributed by atoms with Crippen molar-refractivity contribution in [1.29, 1.82) is 0 Å². The van der Waals surface area contributed by atoms with Crippen molar-refractivity contribution in [3.63, 3.8) is 0 Å². The summed E-state index contributed by atoms with van der Waals surface area (Å²) in [5, 5.41) is 10.5. The van der Waals surface area contributed by atoms with Gasteiger partial charge in [0.25, 0.3) is 0 Å². The first-order valence-electron chi connectivity index (χ1n) is 7.63. The van der Waals surface area contributed by atoms with Crippen molar-refractivity contribution >= 4 is 0 Å². The molecule has 1 N–H and O–H groups in total. The Bertz CT molecular complexity index is 399. The van der Waals surface area contributed by atoms with Gasteiger partial charge in [-0.1, -0.05) is 61.2 Å². The molecule has 0 spiro atoms. The average Bonchev–Trinajstić information content (AvgIpc) is 2.40. The van der Waals surface area contributed by atoms with Gasteiger partial charge >= 0.3 is 0 Å². The van der Waals surface area contributed by atoms with Crippen LogP contribution in [0.1, 0.15) is 57.4 Å². The van der Waals surface area contributed by atoms with Crippen LogP contribution in [0, 0.1) is 0 Å². The second-order valence-corrected chi connectivity index (χ2v) is 5.99. The van der Waals surface area contributed by atoms with Gasteiger partial charge < -0.3 is 5.11 Å². The van der Waals surface area contributed by atoms with Gasteiger partial charge in [-0.05, 0) is 44.6 Å². The van der Waals surface area contributed by atoms with E-state index in [2.05, 4.69) is 43.3 Å². The lowest BCUT2D eigenvalue weighted by Crippen LogP contribution is -2.28. The van der Waals surface area contributed by atoms with Crippen LogP contribution in [0.15, 0.2) is 42.0 Å². The maximum Gasteiger partial charge on any atom is 0.0830 e. The van der Waals surface area contributed by atoms with E-state index in [4.69, 9.17) is 0 Å². The molecule has 1 nitrogen and oxygen atoms in total. The lowest BCUT2D eigenvalue weighted by molar-refractivity contribution is 0.0504. The zero-order chi connectivity index (χ0) is 13.6. The normalized spacial score (nSPS) is 19.4. The van der Waals surface area contributed by atoms with Crippen molar-refractivity contribution in [3.05, 3.63) is 47.5 Å². The van der Waals surface area contributed by atoms with Crippen LogP contribution in [-0.2, 0) is 6.42 Å². The molecule has 1 fully saturated rings. The molecule has 0 unspecified atom stereocenters. The second kappa shape index (κ2) is 6.91. The van der Waals surface area contributed by atoms with Crippen LogP contribution in [0.4, 0.5) is 0 Å². The molecule has 0 radical (unpaired) electrons. The summed E-state index contributed by atoms with van der Waals surface area (Å²) in [4.78, 5) is 0. The van der Waals surface area contributed by atoms with E-state index in [1.54, 1.807) is 0 Å². The summed E-state index contributed by atoms with van der Waals surface area (Å²) in [6.07, 6.45) is 11.0. The van der Waals surface area contributed by atoms with Gasteiger partial charge in [0.15, 0.2) is 0 Å². The molecule has 1 saturated carbocycles. The Morgan fingerprint density at radius 2 is 1.84 bits per heavy atom. The highest BCUT2D eigenvalue weighted by Gasteiger charge is 2.26. The summed E-state index contributed by atoms with van der Waals surface area (Å²) in [6, 6.07) is 10.6. The van der Waals surface area contributed by atoms with Crippen molar-refractivity contribution in [2.45, 2.75) is 63.9 Å². The van der Waals surface area contributed by atoms with Gasteiger partial charge in [0, 0.05) is 0 Å². The van der Waals surface area contributed by atoms with Gasteiger partial charge in [-0.2, -0.15) is 0 Å². The van der Waals surface area contributed by atoms with Gasteiger partial charge in [0.2, 0.25) is 0 Å². The van der Waals surface area contributed by atoms with E-state index in [1.165, 1.54) is 36.8 Å². The minimum atomic E-state index is -0.505. The fourth-order valence-corrected chi connectivity index (χ4v) is 3.06. The summed E-state index contributed by atoms with van der Waals surface area (Å²) in [6.45, 7) is 2.16. The molecule has 1 aliphatic carbocycles. The van der Waals surface area contributed by atoms with Crippen LogP contribution >= 0.6 is 0 Å². The first kappa shape index (κ1) is 14.3. The molecule has 104 valence electrons. The fourth-order valence-electron chi connectivity index (χ4n) is 3.06. The van der Waals surface area contributed by atoms with Crippen LogP contribution < -0.4 is 0 Å². The number of aryl methyl sites for hydroxylation is 1. The molecule has 0 saturated heterocycles. The SMILES string of the molecule is CC(=CC1(O)CCCCC1)CCCc1ccccc1. The lowest BCUT2D eigenvalue weighted by Gasteiger charge is -2.29. The highest BCUT2D eigenvalue weighted by atomic mass is 16.3. The smallest absolute Gasteiger partial charge is 0.0830 e. The molecular formula is C18H26O. The highest BCUT2D eigenvalue weighted by molar-refractivity contribution is 5.15. The Hall–Kier alpha value is -1.08. The largest absolute Gasteiger partial charge is 0.386 e. The fraction of sp³-hybridized carbons (Fsp3) is 0.556. The second-order valence-electron chi connectivity index (χ2n) is 5.99. The highest BCUT2D eigenvalue weighted by Crippen LogP contribution is 2.30. The average molecular weight is 258 g/mol. The van der Waals surface area contributed by atoms with E-state index < -0.39 is 5.60 Å². The van der Waals surface area contributed by atoms with E-state index in [1.807, 2.05) is 0 Å². The van der Waals surface area contributed by atoms with Crippen LogP contribution in [0.5, 0.6) is 0 Å². The molecule has 0 bridgehead atoms. The molecule has 0 atom stereocenters. The van der Waals surface area contributed by atoms with Crippen molar-refractivity contribution in [2.24, 2.45) is 0 Å². The van der Waals surface area contributed by atoms with Crippen LogP contribution in [-0.4, -0.2) is 10.7 Å². The molecule has 1 heteroatoms. The van der Waals surface area contributed by atoms with Crippen LogP contribution in [0.2, 0.25) is 0 Å². The Morgan fingerprint density at radius 3 is 2.53 bits per heavy atom. The minimum Gasteiger partial charge on any atom is -0.386 e. The molecule has 0 aromatic heterocycles. The van der Waals surface area contributed by atoms with E-state index in [-0.39, 0.29) is 0 Å². The summed E-state index contributed by atoms with van der Waals surface area (Å²) >= 11 is 0. The third kappa shape index (κ3) is 4.83. The topological polar surface area (TPSA) is 20.2 Å². The molecule has 1 aromatic carbocycles. The monoisotopic (exact) mass is 258 g/mol. The maximum atomic E-state index is 10.5. The Morgan fingerprint density at radius 1 is 1.16 bits per heavy atom. The molecular weight excluding hydrogens is 232 g/mol. The van der Waals surface area contributed by atoms with E-state index in [9.17, 15) is 5.11 Å². The third-order valence-electron chi connectivity index (χ3n) is 4.11. The number of hydrogen-bond donors (Lipinski definition) is 1. The Balaban J connectivity index is 1.79. The number of allylic oxidation sites excluding steroid dienone is 1. The Kier molecular flexibility index (Phi) is 5.21. The first-order chi connectivity index (χ1) is 9.18. The molecule has 0 heterocycles. The zero-order valence-corrected chi connectivity index (χ0v) is 12.1. The first-order valence-corrected chi connectivity index (χ1v) is 7.63. The third-order valence-corrected chi connectivity index (χ3v) is 4.11. The number of aliphatic hydroxyl groups is 1. The predicted octanol–water partition coefficient (Wildman–Crippen LogP) is 4.65. The number of hydrogen-bond acceptors (Lipinski definition) is 1. The zero-order valence-electron chi connectivity index (χ0n) is 12.1. The van der Waals surface area contributed by atoms with E-state index >= 15 is 0 Å². The van der Waals surface area contributed by atoms with Gasteiger partial charge in [-0.25, -0.2) is 0 Å². The van der Waals surface area contributed by atoms with Crippen molar-refractivity contribution in [2.75, 3.05) is 0 Å². The van der Waals surface area contributed by atoms with Crippen molar-refractivity contribution < 1.29 is 5.11 Å². The number of benzene rings is 1. The summed E-state index contributed by atoms with van der Waals surface area (Å²) in [7, 11) is 0. The Labute approximate surface area is 117 Å². The van der Waals surface area contributed by atoms with Gasteiger partial charge in [-0.3, -0.25) is 0 Å². The summed E-state index contributed by atoms with van der Waals surface area (Å²) in [5.74, 6) is 0. The van der Waals surface area contributed by atoms with Gasteiger partial charge in [0.1, 0.15) is 0 Å². The van der Waals surface area contributed by atoms with E-state index in [0.29, 0.717) is 0 Å². The number of rotatable bonds is 5. The standard InChI is InChI=1S/C18H26O/c1-16(15-18(19)13-6-3-7-14-18)9-8-12-17-10-4-2-5-11-17/h2,4-5,10-11,15,19H,3,6-9,12-14H2,1H3. The lowest BCUT2D eigenvalue weighted by atomic mass is 9.83. The minimum absolute atomic E-state index is 0.505. The molecule has 1 aromatic rings. The summed E-state index contributed by atoms with van der Waals surface area (Å²) in [5.41, 5.74) is 2.25. The van der Waals surface area contributed by atoms with Gasteiger partial charge in [0.05, 0.1) is 5.60 Å². The molecule has 0 amide bonds. The van der Waals surface area contributed by atoms with Crippen molar-refractivity contribution in [1.82, 2.24) is 0 Å².